The van der Waals surface area contributed by atoms with Crippen molar-refractivity contribution in [1.82, 2.24) is 0 Å². The highest BCUT2D eigenvalue weighted by Crippen LogP contribution is 1.84. The van der Waals surface area contributed by atoms with Gasteiger partial charge in [-0.3, -0.25) is 0 Å². The van der Waals surface area contributed by atoms with Crippen LogP contribution in [0, 0.1) is 11.8 Å². The second kappa shape index (κ2) is 5.78. The van der Waals surface area contributed by atoms with Crippen LogP contribution < -0.4 is 0 Å². The van der Waals surface area contributed by atoms with E-state index < -0.39 is 0 Å². The number of hydrogen-bond donors (Lipinski definition) is 0. The van der Waals surface area contributed by atoms with E-state index in [-0.39, 0.29) is 0 Å². The minimum atomic E-state index is 0.849. The van der Waals surface area contributed by atoms with Gasteiger partial charge in [0.05, 0.1) is 0 Å². The number of allylic oxidation sites excluding steroid dienone is 1. The van der Waals surface area contributed by atoms with E-state index >= 15 is 0 Å². The highest BCUT2D eigenvalue weighted by molar-refractivity contribution is 9.11. The minimum absolute atomic E-state index is 0.849. The molecule has 0 aromatic heterocycles. The van der Waals surface area contributed by atoms with Gasteiger partial charge in [0.1, 0.15) is 0 Å². The fraction of sp³-hybridized carbons (Fsp3) is 0.333. The van der Waals surface area contributed by atoms with Crippen LogP contribution in [0.3, 0.4) is 0 Å². The van der Waals surface area contributed by atoms with Crippen molar-refractivity contribution in [3.8, 4) is 11.8 Å². The SMILES string of the molecule is CC#CC/C=C/Br. The summed E-state index contributed by atoms with van der Waals surface area (Å²) in [5.74, 6) is 5.66. The van der Waals surface area contributed by atoms with E-state index in [1.165, 1.54) is 0 Å². The minimum Gasteiger partial charge on any atom is -0.106 e. The quantitative estimate of drug-likeness (QED) is 0.515. The summed E-state index contributed by atoms with van der Waals surface area (Å²) >= 11 is 3.13. The standard InChI is InChI=1S/C6H7Br/c1-2-3-4-5-6-7/h5-6H,4H2,1H3/b6-5+. The van der Waals surface area contributed by atoms with Crippen LogP contribution in [-0.2, 0) is 0 Å². The Morgan fingerprint density at radius 2 is 2.43 bits per heavy atom. The summed E-state index contributed by atoms with van der Waals surface area (Å²) in [5.41, 5.74) is 0. The van der Waals surface area contributed by atoms with Crippen LogP contribution in [0.2, 0.25) is 0 Å². The van der Waals surface area contributed by atoms with Crippen LogP contribution in [0.15, 0.2) is 11.1 Å². The molecule has 0 radical (unpaired) electrons. The maximum atomic E-state index is 3.13. The van der Waals surface area contributed by atoms with Gasteiger partial charge in [-0.2, -0.15) is 0 Å². The second-order valence-electron chi connectivity index (χ2n) is 0.993. The molecule has 0 bridgehead atoms. The maximum absolute atomic E-state index is 3.13. The molecule has 7 heavy (non-hydrogen) atoms. The Labute approximate surface area is 52.7 Å². The predicted octanol–water partition coefficient (Wildman–Crippen LogP) is 2.31. The molecule has 0 fully saturated rings. The zero-order valence-corrected chi connectivity index (χ0v) is 5.83. The van der Waals surface area contributed by atoms with Crippen LogP contribution in [0.25, 0.3) is 0 Å². The molecule has 0 unspecified atom stereocenters. The van der Waals surface area contributed by atoms with E-state index in [9.17, 15) is 0 Å². The van der Waals surface area contributed by atoms with E-state index in [0.29, 0.717) is 0 Å². The average molecular weight is 159 g/mol. The van der Waals surface area contributed by atoms with Gasteiger partial charge in [0.2, 0.25) is 0 Å². The molecule has 0 aromatic carbocycles. The van der Waals surface area contributed by atoms with Gasteiger partial charge in [-0.15, -0.1) is 5.92 Å². The molecule has 38 valence electrons. The number of halogens is 1. The molecule has 0 rings (SSSR count). The monoisotopic (exact) mass is 158 g/mol. The Morgan fingerprint density at radius 3 is 2.86 bits per heavy atom. The molecule has 0 atom stereocenters. The summed E-state index contributed by atoms with van der Waals surface area (Å²) in [4.78, 5) is 1.82. The lowest BCUT2D eigenvalue weighted by atomic mass is 10.4. The second-order valence-corrected chi connectivity index (χ2v) is 1.52. The van der Waals surface area contributed by atoms with E-state index in [1.54, 1.807) is 0 Å². The molecule has 0 nitrogen and oxygen atoms in total. The van der Waals surface area contributed by atoms with Crippen molar-refractivity contribution >= 4 is 15.9 Å². The van der Waals surface area contributed by atoms with Crippen LogP contribution >= 0.6 is 15.9 Å². The van der Waals surface area contributed by atoms with Gasteiger partial charge in [-0.25, -0.2) is 0 Å². The largest absolute Gasteiger partial charge is 0.106 e. The molecule has 0 heterocycles. The van der Waals surface area contributed by atoms with Gasteiger partial charge < -0.3 is 0 Å². The first kappa shape index (κ1) is 6.78. The molecular weight excluding hydrogens is 152 g/mol. The Kier molecular flexibility index (Phi) is 5.60. The lowest BCUT2D eigenvalue weighted by Crippen LogP contribution is -1.51. The molecular formula is C6H7Br. The van der Waals surface area contributed by atoms with Gasteiger partial charge in [-0.05, 0) is 11.9 Å². The zero-order valence-electron chi connectivity index (χ0n) is 4.24. The topological polar surface area (TPSA) is 0 Å². The lowest BCUT2D eigenvalue weighted by molar-refractivity contribution is 1.48. The van der Waals surface area contributed by atoms with Crippen molar-refractivity contribution in [2.24, 2.45) is 0 Å². The molecule has 0 aromatic rings. The third kappa shape index (κ3) is 5.78. The first-order valence-electron chi connectivity index (χ1n) is 2.06. The molecule has 0 spiro atoms. The highest BCUT2D eigenvalue weighted by Gasteiger charge is 1.60. The molecule has 1 heteroatoms. The van der Waals surface area contributed by atoms with Crippen molar-refractivity contribution in [3.05, 3.63) is 11.1 Å². The third-order valence-electron chi connectivity index (χ3n) is 0.486. The highest BCUT2D eigenvalue weighted by atomic mass is 79.9. The van der Waals surface area contributed by atoms with Crippen LogP contribution in [0.4, 0.5) is 0 Å². The Balaban J connectivity index is 3.09. The summed E-state index contributed by atoms with van der Waals surface area (Å²) in [6.07, 6.45) is 2.80. The van der Waals surface area contributed by atoms with Crippen LogP contribution in [0.5, 0.6) is 0 Å². The normalized spacial score (nSPS) is 8.29. The van der Waals surface area contributed by atoms with E-state index in [4.69, 9.17) is 0 Å². The van der Waals surface area contributed by atoms with Gasteiger partial charge in [0, 0.05) is 6.42 Å². The first-order valence-corrected chi connectivity index (χ1v) is 2.98. The van der Waals surface area contributed by atoms with E-state index in [2.05, 4.69) is 27.8 Å². The maximum Gasteiger partial charge on any atom is 0.0277 e. The fourth-order valence-corrected chi connectivity index (χ4v) is 0.392. The molecule has 0 saturated heterocycles. The zero-order chi connectivity index (χ0) is 5.54. The molecule has 0 saturated carbocycles. The molecule has 0 aliphatic carbocycles. The first-order chi connectivity index (χ1) is 3.41. The van der Waals surface area contributed by atoms with Gasteiger partial charge in [0.25, 0.3) is 0 Å². The van der Waals surface area contributed by atoms with Crippen molar-refractivity contribution in [1.29, 1.82) is 0 Å². The van der Waals surface area contributed by atoms with E-state index in [1.807, 2.05) is 18.0 Å². The average Bonchev–Trinajstić information content (AvgIpc) is 1.69. The Hall–Kier alpha value is -0.220. The summed E-state index contributed by atoms with van der Waals surface area (Å²) in [6, 6.07) is 0. The van der Waals surface area contributed by atoms with Crippen LogP contribution in [0.1, 0.15) is 13.3 Å². The Bertz CT molecular complexity index is 103. The third-order valence-corrected chi connectivity index (χ3v) is 0.860. The molecule has 0 amide bonds. The molecule has 0 N–H and O–H groups in total. The summed E-state index contributed by atoms with van der Waals surface area (Å²) in [6.45, 7) is 1.84. The molecule has 0 aliphatic rings. The lowest BCUT2D eigenvalue weighted by Gasteiger charge is -1.67. The number of hydrogen-bond acceptors (Lipinski definition) is 0. The van der Waals surface area contributed by atoms with Crippen LogP contribution in [-0.4, -0.2) is 0 Å². The van der Waals surface area contributed by atoms with Gasteiger partial charge in [0.15, 0.2) is 0 Å². The summed E-state index contributed by atoms with van der Waals surface area (Å²) in [5, 5.41) is 0. The van der Waals surface area contributed by atoms with Crippen molar-refractivity contribution < 1.29 is 0 Å². The number of rotatable bonds is 1. The summed E-state index contributed by atoms with van der Waals surface area (Å²) < 4.78 is 0. The fourth-order valence-electron chi connectivity index (χ4n) is 0.206. The molecule has 0 aliphatic heterocycles. The van der Waals surface area contributed by atoms with Crippen molar-refractivity contribution in [2.45, 2.75) is 13.3 Å². The van der Waals surface area contributed by atoms with Gasteiger partial charge >= 0.3 is 0 Å². The Morgan fingerprint density at radius 1 is 1.71 bits per heavy atom. The predicted molar refractivity (Wildman–Crippen MR) is 36.1 cm³/mol. The van der Waals surface area contributed by atoms with Crippen molar-refractivity contribution in [3.63, 3.8) is 0 Å². The van der Waals surface area contributed by atoms with Gasteiger partial charge in [-0.1, -0.05) is 27.9 Å². The smallest absolute Gasteiger partial charge is 0.0277 e. The summed E-state index contributed by atoms with van der Waals surface area (Å²) in [7, 11) is 0. The van der Waals surface area contributed by atoms with E-state index in [0.717, 1.165) is 6.42 Å². The van der Waals surface area contributed by atoms with Crippen molar-refractivity contribution in [2.75, 3.05) is 0 Å².